The maximum absolute atomic E-state index is 6.12. The van der Waals surface area contributed by atoms with Gasteiger partial charge in [-0.05, 0) is 107 Å². The number of hydrogen-bond acceptors (Lipinski definition) is 5. The second-order valence-corrected chi connectivity index (χ2v) is 13.6. The molecule has 0 aliphatic carbocycles. The van der Waals surface area contributed by atoms with Crippen molar-refractivity contribution in [1.29, 1.82) is 0 Å². The summed E-state index contributed by atoms with van der Waals surface area (Å²) in [7, 11) is 0. The molecule has 9 rings (SSSR count). The average molecular weight is 715 g/mol. The SMILES string of the molecule is Brc1cccc2c1sc1c(N(c3ccccc3)c3ccc(-c4nc5ccccc5o4)cc3)cc(N(c3ccccc3)c3ccccc3)cc12. The molecule has 2 heterocycles. The van der Waals surface area contributed by atoms with Gasteiger partial charge in [-0.1, -0.05) is 78.9 Å². The van der Waals surface area contributed by atoms with Gasteiger partial charge in [-0.15, -0.1) is 11.3 Å². The molecular weight excluding hydrogens is 686 g/mol. The van der Waals surface area contributed by atoms with E-state index < -0.39 is 0 Å². The largest absolute Gasteiger partial charge is 0.436 e. The van der Waals surface area contributed by atoms with Gasteiger partial charge in [-0.25, -0.2) is 4.98 Å². The van der Waals surface area contributed by atoms with Crippen LogP contribution < -0.4 is 9.80 Å². The highest BCUT2D eigenvalue weighted by Crippen LogP contribution is 2.50. The molecule has 0 saturated carbocycles. The maximum Gasteiger partial charge on any atom is 0.227 e. The van der Waals surface area contributed by atoms with Gasteiger partial charge < -0.3 is 14.2 Å². The summed E-state index contributed by atoms with van der Waals surface area (Å²) in [5.74, 6) is 0.610. The highest BCUT2D eigenvalue weighted by Gasteiger charge is 2.23. The van der Waals surface area contributed by atoms with E-state index in [1.54, 1.807) is 0 Å². The van der Waals surface area contributed by atoms with E-state index in [9.17, 15) is 0 Å². The highest BCUT2D eigenvalue weighted by atomic mass is 79.9. The molecule has 0 aliphatic rings. The fourth-order valence-electron chi connectivity index (χ4n) is 6.48. The van der Waals surface area contributed by atoms with Gasteiger partial charge in [0, 0.05) is 53.9 Å². The van der Waals surface area contributed by atoms with Crippen LogP contribution in [0.15, 0.2) is 179 Å². The molecule has 0 spiro atoms. The number of hydrogen-bond donors (Lipinski definition) is 0. The Morgan fingerprint density at radius 3 is 1.73 bits per heavy atom. The van der Waals surface area contributed by atoms with E-state index in [2.05, 4.69) is 171 Å². The molecule has 0 radical (unpaired) electrons. The van der Waals surface area contributed by atoms with Gasteiger partial charge in [-0.3, -0.25) is 0 Å². The van der Waals surface area contributed by atoms with Crippen LogP contribution in [0.3, 0.4) is 0 Å². The van der Waals surface area contributed by atoms with E-state index in [1.807, 2.05) is 35.6 Å². The number of fused-ring (bicyclic) bond motifs is 4. The summed E-state index contributed by atoms with van der Waals surface area (Å²) in [4.78, 5) is 9.44. The van der Waals surface area contributed by atoms with Gasteiger partial charge in [0.1, 0.15) is 5.52 Å². The zero-order chi connectivity index (χ0) is 32.7. The molecule has 0 bridgehead atoms. The van der Waals surface area contributed by atoms with E-state index in [-0.39, 0.29) is 0 Å². The molecule has 234 valence electrons. The van der Waals surface area contributed by atoms with Crippen molar-refractivity contribution in [3.63, 3.8) is 0 Å². The molecular formula is C43H28BrN3OS. The average Bonchev–Trinajstić information content (AvgIpc) is 3.77. The number of anilines is 6. The van der Waals surface area contributed by atoms with Crippen LogP contribution in [0.2, 0.25) is 0 Å². The van der Waals surface area contributed by atoms with E-state index >= 15 is 0 Å². The van der Waals surface area contributed by atoms with Crippen LogP contribution in [-0.4, -0.2) is 4.98 Å². The molecule has 6 heteroatoms. The fraction of sp³-hybridized carbons (Fsp3) is 0. The Labute approximate surface area is 296 Å². The van der Waals surface area contributed by atoms with Crippen molar-refractivity contribution in [2.24, 2.45) is 0 Å². The minimum Gasteiger partial charge on any atom is -0.436 e. The van der Waals surface area contributed by atoms with Gasteiger partial charge in [0.2, 0.25) is 5.89 Å². The number of rotatable bonds is 7. The number of nitrogens with zero attached hydrogens (tertiary/aromatic N) is 3. The molecule has 0 unspecified atom stereocenters. The Hall–Kier alpha value is -5.69. The van der Waals surface area contributed by atoms with Crippen LogP contribution in [0.1, 0.15) is 0 Å². The topological polar surface area (TPSA) is 32.5 Å². The summed E-state index contributed by atoms with van der Waals surface area (Å²) in [6, 6.07) is 59.3. The van der Waals surface area contributed by atoms with Gasteiger partial charge in [0.15, 0.2) is 5.58 Å². The molecule has 0 amide bonds. The Morgan fingerprint density at radius 1 is 0.490 bits per heavy atom. The molecule has 49 heavy (non-hydrogen) atoms. The first kappa shape index (κ1) is 29.4. The third kappa shape index (κ3) is 5.35. The van der Waals surface area contributed by atoms with Gasteiger partial charge in [-0.2, -0.15) is 0 Å². The number of aromatic nitrogens is 1. The number of benzene rings is 7. The minimum atomic E-state index is 0.610. The third-order valence-corrected chi connectivity index (χ3v) is 10.9. The maximum atomic E-state index is 6.12. The van der Waals surface area contributed by atoms with Gasteiger partial charge >= 0.3 is 0 Å². The molecule has 0 saturated heterocycles. The smallest absolute Gasteiger partial charge is 0.227 e. The lowest BCUT2D eigenvalue weighted by Gasteiger charge is -2.30. The Balaban J connectivity index is 1.29. The predicted octanol–water partition coefficient (Wildman–Crippen LogP) is 13.6. The number of halogens is 1. The molecule has 7 aromatic carbocycles. The summed E-state index contributed by atoms with van der Waals surface area (Å²) in [5.41, 5.74) is 9.01. The predicted molar refractivity (Wildman–Crippen MR) is 209 cm³/mol. The highest BCUT2D eigenvalue weighted by molar-refractivity contribution is 9.10. The van der Waals surface area contributed by atoms with E-state index in [1.165, 1.54) is 20.2 Å². The van der Waals surface area contributed by atoms with Crippen LogP contribution in [0, 0.1) is 0 Å². The van der Waals surface area contributed by atoms with E-state index in [0.717, 1.165) is 55.3 Å². The first-order chi connectivity index (χ1) is 24.2. The van der Waals surface area contributed by atoms with Crippen molar-refractivity contribution in [3.05, 3.63) is 174 Å². The van der Waals surface area contributed by atoms with Gasteiger partial charge in [0.05, 0.1) is 10.4 Å². The molecule has 0 N–H and O–H groups in total. The summed E-state index contributed by atoms with van der Waals surface area (Å²) in [5, 5.41) is 2.42. The molecule has 2 aromatic heterocycles. The van der Waals surface area contributed by atoms with Crippen LogP contribution in [-0.2, 0) is 0 Å². The Bertz CT molecular complexity index is 2490. The Morgan fingerprint density at radius 2 is 1.08 bits per heavy atom. The first-order valence-corrected chi connectivity index (χ1v) is 17.7. The lowest BCUT2D eigenvalue weighted by molar-refractivity contribution is 0.620. The van der Waals surface area contributed by atoms with Crippen molar-refractivity contribution >= 4 is 92.7 Å². The number of oxazole rings is 1. The second-order valence-electron chi connectivity index (χ2n) is 11.8. The minimum absolute atomic E-state index is 0.610. The van der Waals surface area contributed by atoms with Crippen LogP contribution in [0.25, 0.3) is 42.7 Å². The zero-order valence-electron chi connectivity index (χ0n) is 26.2. The van der Waals surface area contributed by atoms with E-state index in [0.29, 0.717) is 5.89 Å². The van der Waals surface area contributed by atoms with Crippen molar-refractivity contribution in [3.8, 4) is 11.5 Å². The summed E-state index contributed by atoms with van der Waals surface area (Å²) in [6.07, 6.45) is 0. The number of thiophene rings is 1. The standard InChI is InChI=1S/C43H28BrN3OS/c44-37-20-12-19-35-36-27-34(46(30-13-4-1-5-14-30)31-15-6-2-7-16-31)28-39(42(36)49-41(35)37)47(32-17-8-3-9-18-32)33-25-23-29(24-26-33)43-45-38-21-10-11-22-40(38)48-43/h1-28H. The lowest BCUT2D eigenvalue weighted by Crippen LogP contribution is -2.13. The summed E-state index contributed by atoms with van der Waals surface area (Å²) < 4.78 is 9.64. The van der Waals surface area contributed by atoms with Gasteiger partial charge in [0.25, 0.3) is 0 Å². The van der Waals surface area contributed by atoms with Crippen molar-refractivity contribution in [2.75, 3.05) is 9.80 Å². The monoisotopic (exact) mass is 713 g/mol. The first-order valence-electron chi connectivity index (χ1n) is 16.1. The lowest BCUT2D eigenvalue weighted by atomic mass is 10.1. The summed E-state index contributed by atoms with van der Waals surface area (Å²) >= 11 is 5.68. The molecule has 4 nitrogen and oxygen atoms in total. The second kappa shape index (κ2) is 12.4. The van der Waals surface area contributed by atoms with Crippen LogP contribution in [0.4, 0.5) is 34.1 Å². The summed E-state index contributed by atoms with van der Waals surface area (Å²) in [6.45, 7) is 0. The fourth-order valence-corrected chi connectivity index (χ4v) is 8.28. The zero-order valence-corrected chi connectivity index (χ0v) is 28.6. The van der Waals surface area contributed by atoms with Crippen molar-refractivity contribution in [1.82, 2.24) is 4.98 Å². The molecule has 0 atom stereocenters. The van der Waals surface area contributed by atoms with Crippen molar-refractivity contribution < 1.29 is 4.42 Å². The van der Waals surface area contributed by atoms with Crippen LogP contribution >= 0.6 is 27.3 Å². The molecule has 0 aliphatic heterocycles. The third-order valence-electron chi connectivity index (χ3n) is 8.72. The number of para-hydroxylation sites is 5. The normalized spacial score (nSPS) is 11.4. The quantitative estimate of drug-likeness (QED) is 0.165. The van der Waals surface area contributed by atoms with Crippen LogP contribution in [0.5, 0.6) is 0 Å². The molecule has 0 fully saturated rings. The Kier molecular flexibility index (Phi) is 7.45. The van der Waals surface area contributed by atoms with E-state index in [4.69, 9.17) is 9.40 Å². The van der Waals surface area contributed by atoms with Crippen molar-refractivity contribution in [2.45, 2.75) is 0 Å². The molecule has 9 aromatic rings.